The number of hydrogen-bond donors (Lipinski definition) is 1. The first-order chi connectivity index (χ1) is 9.66. The monoisotopic (exact) mass is 355 g/mol. The normalized spacial score (nSPS) is 13.0. The fourth-order valence-corrected chi connectivity index (χ4v) is 3.00. The SMILES string of the molecule is CCCCC(C)NC(=O)c1cc(Cl)cc(S(=O)(=O)Cl)c1F. The van der Waals surface area contributed by atoms with Gasteiger partial charge in [0.05, 0.1) is 5.56 Å². The third-order valence-electron chi connectivity index (χ3n) is 2.88. The largest absolute Gasteiger partial charge is 0.349 e. The summed E-state index contributed by atoms with van der Waals surface area (Å²) in [7, 11) is 0.807. The molecule has 0 spiro atoms. The molecular weight excluding hydrogens is 340 g/mol. The molecule has 4 nitrogen and oxygen atoms in total. The molecule has 1 atom stereocenters. The standard InChI is InChI=1S/C13H16Cl2FNO3S/c1-3-4-5-8(2)17-13(18)10-6-9(14)7-11(12(10)16)21(15,19)20/h6-8H,3-5H2,1-2H3,(H,17,18). The van der Waals surface area contributed by atoms with Gasteiger partial charge in [0.15, 0.2) is 5.82 Å². The van der Waals surface area contributed by atoms with E-state index >= 15 is 0 Å². The molecule has 0 saturated carbocycles. The zero-order valence-electron chi connectivity index (χ0n) is 11.6. The van der Waals surface area contributed by atoms with Crippen LogP contribution in [-0.2, 0) is 9.05 Å². The molecule has 1 aromatic carbocycles. The van der Waals surface area contributed by atoms with Crippen molar-refractivity contribution in [3.8, 4) is 0 Å². The Kier molecular flexibility index (Phi) is 6.43. The summed E-state index contributed by atoms with van der Waals surface area (Å²) in [5.41, 5.74) is -0.440. The van der Waals surface area contributed by atoms with Crippen LogP contribution in [0, 0.1) is 5.82 Å². The van der Waals surface area contributed by atoms with Crippen molar-refractivity contribution in [2.45, 2.75) is 44.0 Å². The van der Waals surface area contributed by atoms with Gasteiger partial charge < -0.3 is 5.32 Å². The van der Waals surface area contributed by atoms with Crippen molar-refractivity contribution in [2.75, 3.05) is 0 Å². The van der Waals surface area contributed by atoms with Crippen molar-refractivity contribution in [1.29, 1.82) is 0 Å². The van der Waals surface area contributed by atoms with Gasteiger partial charge >= 0.3 is 0 Å². The van der Waals surface area contributed by atoms with Gasteiger partial charge in [-0.3, -0.25) is 4.79 Å². The van der Waals surface area contributed by atoms with Gasteiger partial charge in [-0.2, -0.15) is 0 Å². The van der Waals surface area contributed by atoms with Crippen LogP contribution in [0.2, 0.25) is 5.02 Å². The third-order valence-corrected chi connectivity index (χ3v) is 4.42. The molecule has 0 aromatic heterocycles. The summed E-state index contributed by atoms with van der Waals surface area (Å²) in [5.74, 6) is -1.92. The van der Waals surface area contributed by atoms with Crippen LogP contribution >= 0.6 is 22.3 Å². The molecule has 0 fully saturated rings. The molecule has 1 unspecified atom stereocenters. The Balaban J connectivity index is 3.08. The first-order valence-corrected chi connectivity index (χ1v) is 9.10. The van der Waals surface area contributed by atoms with E-state index in [-0.39, 0.29) is 11.1 Å². The Labute approximate surface area is 133 Å². The molecule has 0 aliphatic carbocycles. The van der Waals surface area contributed by atoms with Gasteiger partial charge in [0.2, 0.25) is 0 Å². The maximum Gasteiger partial charge on any atom is 0.264 e. The zero-order chi connectivity index (χ0) is 16.2. The van der Waals surface area contributed by atoms with E-state index in [0.717, 1.165) is 31.4 Å². The molecule has 0 heterocycles. The number of halogens is 3. The van der Waals surface area contributed by atoms with Crippen molar-refractivity contribution in [2.24, 2.45) is 0 Å². The highest BCUT2D eigenvalue weighted by Crippen LogP contribution is 2.26. The number of hydrogen-bond acceptors (Lipinski definition) is 3. The highest BCUT2D eigenvalue weighted by Gasteiger charge is 2.24. The van der Waals surface area contributed by atoms with E-state index in [1.54, 1.807) is 6.92 Å². The molecule has 0 radical (unpaired) electrons. The molecule has 1 N–H and O–H groups in total. The molecule has 1 amide bonds. The lowest BCUT2D eigenvalue weighted by Gasteiger charge is -2.14. The van der Waals surface area contributed by atoms with Crippen LogP contribution in [0.15, 0.2) is 17.0 Å². The molecule has 0 aliphatic heterocycles. The first kappa shape index (κ1) is 18.2. The topological polar surface area (TPSA) is 63.2 Å². The van der Waals surface area contributed by atoms with E-state index in [9.17, 15) is 17.6 Å². The van der Waals surface area contributed by atoms with Gasteiger partial charge in [0, 0.05) is 21.7 Å². The van der Waals surface area contributed by atoms with Crippen molar-refractivity contribution in [3.05, 3.63) is 28.5 Å². The molecule has 0 bridgehead atoms. The number of carbonyl (C=O) groups is 1. The number of rotatable bonds is 6. The van der Waals surface area contributed by atoms with E-state index in [4.69, 9.17) is 22.3 Å². The van der Waals surface area contributed by atoms with Crippen LogP contribution in [0.1, 0.15) is 43.5 Å². The molecule has 1 aromatic rings. The van der Waals surface area contributed by atoms with Gasteiger partial charge in [-0.25, -0.2) is 12.8 Å². The molecule has 118 valence electrons. The fraction of sp³-hybridized carbons (Fsp3) is 0.462. The Bertz CT molecular complexity index is 635. The molecule has 1 rings (SSSR count). The summed E-state index contributed by atoms with van der Waals surface area (Å²) in [5, 5.41) is 2.52. The van der Waals surface area contributed by atoms with Crippen LogP contribution < -0.4 is 5.32 Å². The average molecular weight is 356 g/mol. The van der Waals surface area contributed by atoms with Crippen molar-refractivity contribution < 1.29 is 17.6 Å². The molecule has 0 aliphatic rings. The van der Waals surface area contributed by atoms with Crippen molar-refractivity contribution in [1.82, 2.24) is 5.32 Å². The highest BCUT2D eigenvalue weighted by molar-refractivity contribution is 8.13. The summed E-state index contributed by atoms with van der Waals surface area (Å²) in [6.07, 6.45) is 2.63. The zero-order valence-corrected chi connectivity index (χ0v) is 13.9. The van der Waals surface area contributed by atoms with Crippen LogP contribution in [0.4, 0.5) is 4.39 Å². The number of carbonyl (C=O) groups excluding carboxylic acids is 1. The Morgan fingerprint density at radius 1 is 1.43 bits per heavy atom. The Morgan fingerprint density at radius 3 is 2.57 bits per heavy atom. The number of nitrogens with one attached hydrogen (secondary N) is 1. The van der Waals surface area contributed by atoms with Crippen molar-refractivity contribution >= 4 is 37.2 Å². The average Bonchev–Trinajstić information content (AvgIpc) is 2.37. The smallest absolute Gasteiger partial charge is 0.264 e. The quantitative estimate of drug-likeness (QED) is 0.791. The number of amides is 1. The summed E-state index contributed by atoms with van der Waals surface area (Å²) in [6, 6.07) is 1.78. The van der Waals surface area contributed by atoms with Gasteiger partial charge in [-0.15, -0.1) is 0 Å². The Morgan fingerprint density at radius 2 is 2.05 bits per heavy atom. The van der Waals surface area contributed by atoms with E-state index in [0.29, 0.717) is 0 Å². The van der Waals surface area contributed by atoms with E-state index in [1.165, 1.54) is 0 Å². The second kappa shape index (κ2) is 7.42. The van der Waals surface area contributed by atoms with Crippen molar-refractivity contribution in [3.63, 3.8) is 0 Å². The molecular formula is C13H16Cl2FNO3S. The van der Waals surface area contributed by atoms with Crippen LogP contribution in [0.25, 0.3) is 0 Å². The first-order valence-electron chi connectivity index (χ1n) is 6.41. The highest BCUT2D eigenvalue weighted by atomic mass is 35.7. The Hall–Kier alpha value is -0.850. The van der Waals surface area contributed by atoms with E-state index < -0.39 is 31.2 Å². The van der Waals surface area contributed by atoms with Crippen LogP contribution in [0.3, 0.4) is 0 Å². The number of unbranched alkanes of at least 4 members (excludes halogenated alkanes) is 1. The lowest BCUT2D eigenvalue weighted by atomic mass is 10.1. The lowest BCUT2D eigenvalue weighted by molar-refractivity contribution is 0.0933. The summed E-state index contributed by atoms with van der Waals surface area (Å²) in [6.45, 7) is 3.80. The summed E-state index contributed by atoms with van der Waals surface area (Å²) in [4.78, 5) is 11.2. The second-order valence-electron chi connectivity index (χ2n) is 4.72. The second-order valence-corrected chi connectivity index (χ2v) is 7.69. The predicted octanol–water partition coefficient (Wildman–Crippen LogP) is 3.72. The minimum absolute atomic E-state index is 0.0815. The predicted molar refractivity (Wildman–Crippen MR) is 80.9 cm³/mol. The minimum Gasteiger partial charge on any atom is -0.349 e. The maximum absolute atomic E-state index is 14.1. The number of benzene rings is 1. The third kappa shape index (κ3) is 5.13. The van der Waals surface area contributed by atoms with Gasteiger partial charge in [0.25, 0.3) is 15.0 Å². The molecule has 0 saturated heterocycles. The van der Waals surface area contributed by atoms with Crippen LogP contribution in [-0.4, -0.2) is 20.4 Å². The van der Waals surface area contributed by atoms with Crippen LogP contribution in [0.5, 0.6) is 0 Å². The molecule has 21 heavy (non-hydrogen) atoms. The van der Waals surface area contributed by atoms with E-state index in [1.807, 2.05) is 6.92 Å². The minimum atomic E-state index is -4.32. The molecule has 8 heteroatoms. The maximum atomic E-state index is 14.1. The summed E-state index contributed by atoms with van der Waals surface area (Å²) >= 11 is 5.72. The lowest BCUT2D eigenvalue weighted by Crippen LogP contribution is -2.33. The van der Waals surface area contributed by atoms with E-state index in [2.05, 4.69) is 5.32 Å². The fourth-order valence-electron chi connectivity index (χ4n) is 1.79. The van der Waals surface area contributed by atoms with Gasteiger partial charge in [0.1, 0.15) is 4.90 Å². The van der Waals surface area contributed by atoms with Gasteiger partial charge in [-0.05, 0) is 25.5 Å². The summed E-state index contributed by atoms with van der Waals surface area (Å²) < 4.78 is 36.7. The van der Waals surface area contributed by atoms with Gasteiger partial charge in [-0.1, -0.05) is 31.4 Å².